The molecule has 1 aromatic heterocycles. The summed E-state index contributed by atoms with van der Waals surface area (Å²) in [6, 6.07) is 14.7. The van der Waals surface area contributed by atoms with Crippen molar-refractivity contribution in [3.8, 4) is 34.1 Å². The Balaban J connectivity index is 0.000000510. The number of Topliss-reactive ketones (excluding diaryl/α,β-unsaturated/α-hetero) is 1. The molecule has 8 heteroatoms. The van der Waals surface area contributed by atoms with Crippen LogP contribution in [0.3, 0.4) is 0 Å². The van der Waals surface area contributed by atoms with Crippen LogP contribution in [0.1, 0.15) is 104 Å². The van der Waals surface area contributed by atoms with E-state index >= 15 is 0 Å². The lowest BCUT2D eigenvalue weighted by atomic mass is 10.1. The van der Waals surface area contributed by atoms with Gasteiger partial charge in [0.1, 0.15) is 23.8 Å². The molecule has 2 aromatic carbocycles. The van der Waals surface area contributed by atoms with Crippen molar-refractivity contribution in [2.75, 3.05) is 46.5 Å². The average molecular weight is 643 g/mol. The minimum absolute atomic E-state index is 0. The van der Waals surface area contributed by atoms with E-state index in [2.05, 4.69) is 32.7 Å². The Morgan fingerprint density at radius 1 is 0.783 bits per heavy atom. The second-order valence-electron chi connectivity index (χ2n) is 12.2. The smallest absolute Gasteiger partial charge is 0.264 e. The van der Waals surface area contributed by atoms with Crippen molar-refractivity contribution in [2.24, 2.45) is 5.92 Å². The number of aliphatic hydroxyl groups excluding tert-OH is 1. The Bertz CT molecular complexity index is 1190. The third-order valence-corrected chi connectivity index (χ3v) is 8.15. The molecular formula is C38H59FN2O5. The summed E-state index contributed by atoms with van der Waals surface area (Å²) in [5, 5.41) is 8.87. The first kappa shape index (κ1) is 40.8. The van der Waals surface area contributed by atoms with E-state index in [1.807, 2.05) is 50.2 Å². The number of carbonyl (C=O) groups is 1. The van der Waals surface area contributed by atoms with Gasteiger partial charge < -0.3 is 28.2 Å². The van der Waals surface area contributed by atoms with Gasteiger partial charge in [0.25, 0.3) is 5.89 Å². The molecule has 0 aliphatic rings. The first-order chi connectivity index (χ1) is 21.8. The van der Waals surface area contributed by atoms with Crippen molar-refractivity contribution < 1.29 is 33.0 Å². The van der Waals surface area contributed by atoms with Crippen LogP contribution in [0.4, 0.5) is 0 Å². The molecular weight excluding hydrogens is 583 g/mol. The molecule has 0 bridgehead atoms. The van der Waals surface area contributed by atoms with Crippen molar-refractivity contribution in [2.45, 2.75) is 92.9 Å². The topological polar surface area (TPSA) is 81.8 Å². The van der Waals surface area contributed by atoms with Gasteiger partial charge in [-0.05, 0) is 74.2 Å². The third kappa shape index (κ3) is 12.9. The third-order valence-electron chi connectivity index (χ3n) is 8.15. The van der Waals surface area contributed by atoms with Crippen LogP contribution in [0.5, 0.6) is 11.5 Å². The van der Waals surface area contributed by atoms with Crippen molar-refractivity contribution in [1.29, 1.82) is 0 Å². The van der Waals surface area contributed by atoms with Crippen molar-refractivity contribution >= 4 is 5.78 Å². The van der Waals surface area contributed by atoms with Gasteiger partial charge in [-0.1, -0.05) is 67.2 Å². The van der Waals surface area contributed by atoms with Gasteiger partial charge in [-0.25, -0.2) is 4.98 Å². The number of methoxy groups -OCH3 is 1. The zero-order valence-electron chi connectivity index (χ0n) is 29.4. The Kier molecular flexibility index (Phi) is 19.8. The van der Waals surface area contributed by atoms with Gasteiger partial charge in [0, 0.05) is 17.0 Å². The predicted molar refractivity (Wildman–Crippen MR) is 185 cm³/mol. The lowest BCUT2D eigenvalue weighted by Gasteiger charge is -2.39. The van der Waals surface area contributed by atoms with Crippen LogP contribution in [0.2, 0.25) is 0 Å². The summed E-state index contributed by atoms with van der Waals surface area (Å²) < 4.78 is 17.9. The van der Waals surface area contributed by atoms with Crippen molar-refractivity contribution in [1.82, 2.24) is 4.98 Å². The fourth-order valence-electron chi connectivity index (χ4n) is 5.32. The summed E-state index contributed by atoms with van der Waals surface area (Å²) in [7, 11) is 1.61. The summed E-state index contributed by atoms with van der Waals surface area (Å²) in [5.41, 5.74) is 2.18. The maximum absolute atomic E-state index is 12.4. The van der Waals surface area contributed by atoms with Crippen LogP contribution in [-0.2, 0) is 0 Å². The van der Waals surface area contributed by atoms with Gasteiger partial charge in [-0.15, -0.1) is 0 Å². The van der Waals surface area contributed by atoms with E-state index in [1.54, 1.807) is 19.2 Å². The maximum atomic E-state index is 12.4. The monoisotopic (exact) mass is 642 g/mol. The quantitative estimate of drug-likeness (QED) is 0.116. The highest BCUT2D eigenvalue weighted by molar-refractivity contribution is 5.95. The van der Waals surface area contributed by atoms with E-state index in [9.17, 15) is 4.79 Å². The number of halogens is 1. The number of hydrogen-bond donors (Lipinski definition) is 1. The Morgan fingerprint density at radius 2 is 1.24 bits per heavy atom. The lowest BCUT2D eigenvalue weighted by Crippen LogP contribution is -3.00. The van der Waals surface area contributed by atoms with Crippen LogP contribution in [0.15, 0.2) is 52.9 Å². The molecule has 0 spiro atoms. The number of carbonyl (C=O) groups excluding carboxylic acids is 1. The normalized spacial score (nSPS) is 11.1. The summed E-state index contributed by atoms with van der Waals surface area (Å²) in [4.78, 5) is 16.9. The van der Waals surface area contributed by atoms with Gasteiger partial charge in [0.05, 0.1) is 39.9 Å². The lowest BCUT2D eigenvalue weighted by molar-refractivity contribution is -0.929. The number of rotatable bonds is 20. The Hall–Kier alpha value is -3.23. The highest BCUT2D eigenvalue weighted by Crippen LogP contribution is 2.35. The SMILES string of the molecule is CCCC[N+](CCCC)(CCCC)CCCC.COc1ccc(-c2oc(C(=O)C(C)C)nc2-c2ccc(OCCO)cc2)cc1.[F-]. The fourth-order valence-corrected chi connectivity index (χ4v) is 5.32. The maximum Gasteiger partial charge on any atom is 0.264 e. The molecule has 7 nitrogen and oxygen atoms in total. The second-order valence-corrected chi connectivity index (χ2v) is 12.2. The number of oxazole rings is 1. The molecule has 3 aromatic rings. The summed E-state index contributed by atoms with van der Waals surface area (Å²) in [6.45, 7) is 18.8. The predicted octanol–water partition coefficient (Wildman–Crippen LogP) is 6.23. The number of hydrogen-bond acceptors (Lipinski definition) is 6. The molecule has 0 amide bonds. The van der Waals surface area contributed by atoms with Crippen molar-refractivity contribution in [3.63, 3.8) is 0 Å². The number of unbranched alkanes of at least 4 members (excludes halogenated alkanes) is 4. The van der Waals surface area contributed by atoms with Crippen molar-refractivity contribution in [3.05, 3.63) is 54.4 Å². The van der Waals surface area contributed by atoms with E-state index in [0.29, 0.717) is 17.2 Å². The molecule has 0 aliphatic heterocycles. The van der Waals surface area contributed by atoms with Crippen LogP contribution in [0, 0.1) is 5.92 Å². The number of nitrogens with zero attached hydrogens (tertiary/aromatic N) is 2. The molecule has 258 valence electrons. The molecule has 0 fully saturated rings. The van der Waals surface area contributed by atoms with Gasteiger partial charge in [-0.3, -0.25) is 4.79 Å². The molecule has 46 heavy (non-hydrogen) atoms. The molecule has 0 aliphatic carbocycles. The molecule has 0 saturated heterocycles. The van der Waals surface area contributed by atoms with Crippen LogP contribution < -0.4 is 14.2 Å². The zero-order chi connectivity index (χ0) is 33.1. The van der Waals surface area contributed by atoms with E-state index in [1.165, 1.54) is 82.0 Å². The average Bonchev–Trinajstić information content (AvgIpc) is 3.52. The number of aromatic nitrogens is 1. The van der Waals surface area contributed by atoms with Crippen LogP contribution >= 0.6 is 0 Å². The van der Waals surface area contributed by atoms with Crippen LogP contribution in [-0.4, -0.2) is 66.9 Å². The standard InChI is InChI=1S/C22H23NO5.C16H36N.FH/c1-14(2)20(25)22-23-19(15-4-10-18(11-5-15)27-13-12-24)21(28-22)16-6-8-17(26-3)9-7-16;1-5-9-13-17(14-10-6-2,15-11-7-3)16-12-8-4;/h4-11,14,24H,12-13H2,1-3H3;5-16H2,1-4H3;1H/q;+1;/p-1. The van der Waals surface area contributed by atoms with E-state index in [4.69, 9.17) is 19.0 Å². The summed E-state index contributed by atoms with van der Waals surface area (Å²) >= 11 is 0. The van der Waals surface area contributed by atoms with Gasteiger partial charge >= 0.3 is 0 Å². The first-order valence-electron chi connectivity index (χ1n) is 17.2. The Morgan fingerprint density at radius 3 is 1.65 bits per heavy atom. The number of ketones is 1. The second kappa shape index (κ2) is 22.3. The molecule has 0 radical (unpaired) electrons. The molecule has 0 saturated carbocycles. The molecule has 1 heterocycles. The first-order valence-corrected chi connectivity index (χ1v) is 17.2. The highest BCUT2D eigenvalue weighted by atomic mass is 19.0. The molecule has 3 rings (SSSR count). The molecule has 1 N–H and O–H groups in total. The minimum Gasteiger partial charge on any atom is -1.00 e. The zero-order valence-corrected chi connectivity index (χ0v) is 29.4. The Labute approximate surface area is 277 Å². The molecule has 0 atom stereocenters. The van der Waals surface area contributed by atoms with E-state index in [0.717, 1.165) is 16.9 Å². The molecule has 0 unspecified atom stereocenters. The fraction of sp³-hybridized carbons (Fsp3) is 0.579. The van der Waals surface area contributed by atoms with Gasteiger partial charge in [0.15, 0.2) is 5.76 Å². The largest absolute Gasteiger partial charge is 1.00 e. The van der Waals surface area contributed by atoms with Gasteiger partial charge in [0.2, 0.25) is 5.78 Å². The number of ether oxygens (including phenoxy) is 2. The number of benzene rings is 2. The van der Waals surface area contributed by atoms with E-state index < -0.39 is 0 Å². The van der Waals surface area contributed by atoms with Gasteiger partial charge in [-0.2, -0.15) is 0 Å². The highest BCUT2D eigenvalue weighted by Gasteiger charge is 2.25. The minimum atomic E-state index is -0.218. The summed E-state index contributed by atoms with van der Waals surface area (Å²) in [5.74, 6) is 1.62. The van der Waals surface area contributed by atoms with Crippen LogP contribution in [0.25, 0.3) is 22.6 Å². The summed E-state index contributed by atoms with van der Waals surface area (Å²) in [6.07, 6.45) is 11.1. The number of quaternary nitrogens is 1. The number of aliphatic hydroxyl groups is 1. The van der Waals surface area contributed by atoms with E-state index in [-0.39, 0.29) is 35.5 Å².